The molecule has 0 aromatic heterocycles. The topological polar surface area (TPSA) is 24.1 Å². The van der Waals surface area contributed by atoms with Gasteiger partial charge in [0.25, 0.3) is 0 Å². The molecule has 0 spiro atoms. The number of thiocarbonyl (C=S) groups is 2. The third kappa shape index (κ3) is 5.22. The van der Waals surface area contributed by atoms with E-state index < -0.39 is 0 Å². The molecule has 0 aliphatic rings. The lowest BCUT2D eigenvalue weighted by Gasteiger charge is -2.17. The standard InChI is InChI=1S/C22H19N2S2/c25-21(23-15-17-8-3-1-4-9-17)19-12-7-13-20(14-19)22(26)24-16-18-10-5-2-6-11-18/h1-13H,15-16H2,(H,23,25)(H,24,26)/q-1. The van der Waals surface area contributed by atoms with Crippen LogP contribution in [0.3, 0.4) is 0 Å². The maximum atomic E-state index is 5.50. The van der Waals surface area contributed by atoms with Gasteiger partial charge in [0.1, 0.15) is 0 Å². The fraction of sp³-hybridized carbons (Fsp3) is 0.0909. The van der Waals surface area contributed by atoms with Crippen LogP contribution in [0.4, 0.5) is 0 Å². The van der Waals surface area contributed by atoms with Gasteiger partial charge in [-0.05, 0) is 11.1 Å². The zero-order valence-corrected chi connectivity index (χ0v) is 15.9. The van der Waals surface area contributed by atoms with Crippen molar-refractivity contribution >= 4 is 34.4 Å². The van der Waals surface area contributed by atoms with Crippen molar-refractivity contribution in [2.75, 3.05) is 0 Å². The minimum absolute atomic E-state index is 0.668. The van der Waals surface area contributed by atoms with E-state index in [1.807, 2.05) is 54.6 Å². The smallest absolute Gasteiger partial charge is 0.0401 e. The molecular weight excluding hydrogens is 356 g/mol. The van der Waals surface area contributed by atoms with E-state index >= 15 is 0 Å². The first-order chi connectivity index (χ1) is 12.7. The molecule has 130 valence electrons. The largest absolute Gasteiger partial charge is 0.403 e. The van der Waals surface area contributed by atoms with Gasteiger partial charge in [0.2, 0.25) is 0 Å². The second-order valence-corrected chi connectivity index (χ2v) is 6.63. The number of hydrogen-bond acceptors (Lipinski definition) is 2. The van der Waals surface area contributed by atoms with Crippen molar-refractivity contribution in [2.24, 2.45) is 0 Å². The first-order valence-electron chi connectivity index (χ1n) is 8.39. The summed E-state index contributed by atoms with van der Waals surface area (Å²) in [6.45, 7) is 1.38. The average molecular weight is 376 g/mol. The van der Waals surface area contributed by atoms with Crippen molar-refractivity contribution in [3.63, 3.8) is 0 Å². The lowest BCUT2D eigenvalue weighted by Crippen LogP contribution is -2.24. The monoisotopic (exact) mass is 375 g/mol. The highest BCUT2D eigenvalue weighted by Crippen LogP contribution is 2.08. The summed E-state index contributed by atoms with van der Waals surface area (Å²) in [5.74, 6) is 0. The Morgan fingerprint density at radius 3 is 1.46 bits per heavy atom. The van der Waals surface area contributed by atoms with Gasteiger partial charge in [-0.1, -0.05) is 71.8 Å². The summed E-state index contributed by atoms with van der Waals surface area (Å²) in [7, 11) is 0. The van der Waals surface area contributed by atoms with Crippen molar-refractivity contribution in [1.82, 2.24) is 10.6 Å². The van der Waals surface area contributed by atoms with Crippen molar-refractivity contribution in [1.29, 1.82) is 0 Å². The van der Waals surface area contributed by atoms with E-state index in [1.165, 1.54) is 11.1 Å². The Bertz CT molecular complexity index is 806. The van der Waals surface area contributed by atoms with Crippen LogP contribution in [-0.2, 0) is 13.1 Å². The molecule has 0 radical (unpaired) electrons. The third-order valence-corrected chi connectivity index (χ3v) is 4.60. The molecule has 4 heteroatoms. The van der Waals surface area contributed by atoms with Crippen molar-refractivity contribution in [2.45, 2.75) is 13.1 Å². The van der Waals surface area contributed by atoms with Gasteiger partial charge in [-0.15, -0.1) is 48.7 Å². The van der Waals surface area contributed by atoms with Crippen LogP contribution >= 0.6 is 24.4 Å². The summed E-state index contributed by atoms with van der Waals surface area (Å²) in [4.78, 5) is 1.34. The van der Waals surface area contributed by atoms with Crippen molar-refractivity contribution < 1.29 is 0 Å². The number of nitrogens with one attached hydrogen (secondary N) is 2. The van der Waals surface area contributed by atoms with Gasteiger partial charge in [-0.2, -0.15) is 0 Å². The third-order valence-electron chi connectivity index (χ3n) is 3.88. The first kappa shape index (κ1) is 18.2. The molecular formula is C22H19N2S2-. The molecule has 0 saturated heterocycles. The molecule has 3 rings (SSSR count). The molecule has 3 aromatic rings. The molecule has 0 fully saturated rings. The molecule has 26 heavy (non-hydrogen) atoms. The minimum atomic E-state index is 0.668. The minimum Gasteiger partial charge on any atom is -0.403 e. The average Bonchev–Trinajstić information content (AvgIpc) is 2.72. The van der Waals surface area contributed by atoms with Gasteiger partial charge in [-0.25, -0.2) is 0 Å². The zero-order chi connectivity index (χ0) is 18.2. The first-order valence-corrected chi connectivity index (χ1v) is 9.20. The predicted octanol–water partition coefficient (Wildman–Crippen LogP) is 4.42. The van der Waals surface area contributed by atoms with Crippen LogP contribution in [-0.4, -0.2) is 9.98 Å². The molecule has 0 aliphatic heterocycles. The second kappa shape index (κ2) is 9.22. The molecule has 3 aromatic carbocycles. The number of benzene rings is 3. The summed E-state index contributed by atoms with van der Waals surface area (Å²) in [6, 6.07) is 29.5. The van der Waals surface area contributed by atoms with Gasteiger partial charge in [0.15, 0.2) is 0 Å². The van der Waals surface area contributed by atoms with E-state index in [9.17, 15) is 0 Å². The van der Waals surface area contributed by atoms with E-state index in [1.54, 1.807) is 0 Å². The molecule has 0 bridgehead atoms. The maximum Gasteiger partial charge on any atom is 0.0401 e. The summed E-state index contributed by atoms with van der Waals surface area (Å²) in [5.41, 5.74) is 4.06. The maximum absolute atomic E-state index is 5.50. The highest BCUT2D eigenvalue weighted by molar-refractivity contribution is 7.81. The molecule has 0 heterocycles. The Morgan fingerprint density at radius 1 is 0.615 bits per heavy atom. The SMILES string of the molecule is S=C(NCc1ccccc1)c1[c-]c(C(=S)NCc2ccccc2)ccc1. The molecule has 2 nitrogen and oxygen atoms in total. The van der Waals surface area contributed by atoms with Gasteiger partial charge in [0.05, 0.1) is 0 Å². The quantitative estimate of drug-likeness (QED) is 0.492. The lowest BCUT2D eigenvalue weighted by molar-refractivity contribution is 0.925. The van der Waals surface area contributed by atoms with E-state index in [0.717, 1.165) is 11.1 Å². The van der Waals surface area contributed by atoms with Gasteiger partial charge in [-0.3, -0.25) is 0 Å². The summed E-state index contributed by atoms with van der Waals surface area (Å²) in [6.07, 6.45) is 0. The Balaban J connectivity index is 1.60. The fourth-order valence-electron chi connectivity index (χ4n) is 2.48. The molecule has 0 atom stereocenters. The molecule has 0 saturated carbocycles. The molecule has 0 unspecified atom stereocenters. The van der Waals surface area contributed by atoms with Gasteiger partial charge in [0, 0.05) is 23.1 Å². The van der Waals surface area contributed by atoms with Gasteiger partial charge < -0.3 is 10.6 Å². The Morgan fingerprint density at radius 2 is 1.04 bits per heavy atom. The van der Waals surface area contributed by atoms with E-state index in [2.05, 4.69) is 41.0 Å². The molecule has 2 N–H and O–H groups in total. The highest BCUT2D eigenvalue weighted by Gasteiger charge is 2.00. The Hall–Kier alpha value is -2.56. The normalized spacial score (nSPS) is 10.2. The van der Waals surface area contributed by atoms with Gasteiger partial charge >= 0.3 is 0 Å². The lowest BCUT2D eigenvalue weighted by atomic mass is 10.1. The van der Waals surface area contributed by atoms with Crippen LogP contribution in [0.2, 0.25) is 0 Å². The van der Waals surface area contributed by atoms with Crippen LogP contribution in [0.15, 0.2) is 78.9 Å². The molecule has 0 amide bonds. The van der Waals surface area contributed by atoms with Crippen LogP contribution in [0.1, 0.15) is 22.3 Å². The zero-order valence-electron chi connectivity index (χ0n) is 14.2. The van der Waals surface area contributed by atoms with E-state index in [-0.39, 0.29) is 0 Å². The van der Waals surface area contributed by atoms with Crippen LogP contribution in [0.25, 0.3) is 0 Å². The van der Waals surface area contributed by atoms with Crippen molar-refractivity contribution in [3.05, 3.63) is 107 Å². The van der Waals surface area contributed by atoms with Crippen LogP contribution in [0.5, 0.6) is 0 Å². The molecule has 0 aliphatic carbocycles. The fourth-order valence-corrected chi connectivity index (χ4v) is 2.86. The number of rotatable bonds is 6. The van der Waals surface area contributed by atoms with Crippen molar-refractivity contribution in [3.8, 4) is 0 Å². The van der Waals surface area contributed by atoms with E-state index in [0.29, 0.717) is 23.1 Å². The van der Waals surface area contributed by atoms with E-state index in [4.69, 9.17) is 24.4 Å². The summed E-state index contributed by atoms with van der Waals surface area (Å²) >= 11 is 11.0. The second-order valence-electron chi connectivity index (χ2n) is 5.81. The Kier molecular flexibility index (Phi) is 6.47. The predicted molar refractivity (Wildman–Crippen MR) is 115 cm³/mol. The van der Waals surface area contributed by atoms with Crippen LogP contribution < -0.4 is 10.6 Å². The summed E-state index contributed by atoms with van der Waals surface area (Å²) in [5, 5.41) is 6.55. The number of hydrogen-bond donors (Lipinski definition) is 2. The highest BCUT2D eigenvalue weighted by atomic mass is 32.1. The Labute approximate surface area is 165 Å². The van der Waals surface area contributed by atoms with Crippen LogP contribution in [0, 0.1) is 6.07 Å². The summed E-state index contributed by atoms with van der Waals surface area (Å²) < 4.78 is 0.